The van der Waals surface area contributed by atoms with Crippen LogP contribution in [0.4, 0.5) is 8.78 Å². The third-order valence-electron chi connectivity index (χ3n) is 6.39. The molecule has 0 bridgehead atoms. The van der Waals surface area contributed by atoms with Gasteiger partial charge in [0.2, 0.25) is 0 Å². The molecular weight excluding hydrogens is 488 g/mol. The van der Waals surface area contributed by atoms with Gasteiger partial charge in [0, 0.05) is 47.0 Å². The first-order chi connectivity index (χ1) is 18.5. The molecule has 0 atom stereocenters. The first-order valence-electron chi connectivity index (χ1n) is 12.3. The van der Waals surface area contributed by atoms with E-state index in [-0.39, 0.29) is 22.9 Å². The number of aryl methyl sites for hydroxylation is 1. The highest BCUT2D eigenvalue weighted by Crippen LogP contribution is 2.33. The lowest BCUT2D eigenvalue weighted by Gasteiger charge is -2.19. The zero-order valence-corrected chi connectivity index (χ0v) is 20.7. The molecule has 0 spiro atoms. The third-order valence-corrected chi connectivity index (χ3v) is 6.39. The molecule has 1 saturated heterocycles. The number of nitriles is 1. The number of pyridine rings is 1. The number of aromatic nitrogens is 5. The van der Waals surface area contributed by atoms with Crippen LogP contribution >= 0.6 is 0 Å². The fourth-order valence-electron chi connectivity index (χ4n) is 4.39. The second-order valence-electron chi connectivity index (χ2n) is 9.05. The Morgan fingerprint density at radius 2 is 1.84 bits per heavy atom. The van der Waals surface area contributed by atoms with Crippen molar-refractivity contribution in [3.8, 4) is 29.0 Å². The molecule has 6 rings (SSSR count). The van der Waals surface area contributed by atoms with Gasteiger partial charge in [-0.1, -0.05) is 0 Å². The Morgan fingerprint density at radius 1 is 1.03 bits per heavy atom. The maximum Gasteiger partial charge on any atom is 0.322 e. The predicted octanol–water partition coefficient (Wildman–Crippen LogP) is 5.85. The summed E-state index contributed by atoms with van der Waals surface area (Å²) in [5, 5.41) is 12.2. The van der Waals surface area contributed by atoms with E-state index in [1.807, 2.05) is 0 Å². The Hall–Kier alpha value is -4.49. The number of ether oxygens (including phenoxy) is 1. The lowest BCUT2D eigenvalue weighted by atomic mass is 9.96. The highest BCUT2D eigenvalue weighted by molar-refractivity contribution is 6.03. The molecule has 0 aliphatic carbocycles. The van der Waals surface area contributed by atoms with Gasteiger partial charge in [0.1, 0.15) is 17.4 Å². The van der Waals surface area contributed by atoms with Crippen molar-refractivity contribution < 1.29 is 13.5 Å². The van der Waals surface area contributed by atoms with Gasteiger partial charge in [0.25, 0.3) is 0 Å². The molecule has 0 saturated carbocycles. The van der Waals surface area contributed by atoms with E-state index in [4.69, 9.17) is 10.00 Å². The largest absolute Gasteiger partial charge is 0.424 e. The number of H-pyrrole nitrogens is 1. The molecule has 2 aromatic carbocycles. The van der Waals surface area contributed by atoms with E-state index in [9.17, 15) is 8.78 Å². The first kappa shape index (κ1) is 25.2. The molecular formula is C28H25F2N7O. The minimum absolute atomic E-state index is 0.106. The normalized spacial score (nSPS) is 13.6. The van der Waals surface area contributed by atoms with Gasteiger partial charge in [-0.2, -0.15) is 5.26 Å². The second-order valence-corrected chi connectivity index (χ2v) is 9.05. The lowest BCUT2D eigenvalue weighted by Crippen LogP contribution is -2.27. The molecule has 0 radical (unpaired) electrons. The van der Waals surface area contributed by atoms with Crippen LogP contribution in [0, 0.1) is 35.8 Å². The van der Waals surface area contributed by atoms with Gasteiger partial charge in [0.05, 0.1) is 35.1 Å². The summed E-state index contributed by atoms with van der Waals surface area (Å²) in [6, 6.07) is 11.1. The van der Waals surface area contributed by atoms with Crippen molar-refractivity contribution in [2.45, 2.75) is 26.2 Å². The summed E-state index contributed by atoms with van der Waals surface area (Å²) < 4.78 is 35.0. The number of piperidine rings is 1. The summed E-state index contributed by atoms with van der Waals surface area (Å²) in [4.78, 5) is 19.5. The van der Waals surface area contributed by atoms with E-state index in [0.29, 0.717) is 22.3 Å². The smallest absolute Gasteiger partial charge is 0.322 e. The van der Waals surface area contributed by atoms with Gasteiger partial charge in [0.15, 0.2) is 0 Å². The molecule has 38 heavy (non-hydrogen) atoms. The molecule has 192 valence electrons. The molecule has 1 aliphatic rings. The zero-order valence-electron chi connectivity index (χ0n) is 20.7. The lowest BCUT2D eigenvalue weighted by molar-refractivity contribution is 0.380. The minimum Gasteiger partial charge on any atom is -0.424 e. The van der Waals surface area contributed by atoms with Crippen LogP contribution in [-0.4, -0.2) is 38.0 Å². The minimum atomic E-state index is -0.629. The second kappa shape index (κ2) is 11.3. The summed E-state index contributed by atoms with van der Waals surface area (Å²) in [5.74, 6) is -0.310. The highest BCUT2D eigenvalue weighted by Gasteiger charge is 2.16. The van der Waals surface area contributed by atoms with Gasteiger partial charge in [-0.3, -0.25) is 4.98 Å². The fourth-order valence-corrected chi connectivity index (χ4v) is 4.39. The topological polar surface area (TPSA) is 112 Å². The predicted molar refractivity (Wildman–Crippen MR) is 139 cm³/mol. The summed E-state index contributed by atoms with van der Waals surface area (Å²) >= 11 is 0. The van der Waals surface area contributed by atoms with Gasteiger partial charge in [-0.25, -0.2) is 23.7 Å². The number of rotatable bonds is 4. The third kappa shape index (κ3) is 5.58. The molecule has 0 unspecified atom stereocenters. The maximum absolute atomic E-state index is 14.8. The Kier molecular flexibility index (Phi) is 7.47. The Balaban J connectivity index is 0.000000278. The molecule has 10 heteroatoms. The van der Waals surface area contributed by atoms with E-state index in [0.717, 1.165) is 30.7 Å². The molecule has 2 N–H and O–H groups in total. The number of nitrogens with zero attached hydrogens (tertiary/aromatic N) is 5. The van der Waals surface area contributed by atoms with Crippen molar-refractivity contribution in [1.82, 2.24) is 30.2 Å². The van der Waals surface area contributed by atoms with Crippen molar-refractivity contribution in [2.75, 3.05) is 13.1 Å². The van der Waals surface area contributed by atoms with Crippen molar-refractivity contribution >= 4 is 21.9 Å². The molecule has 1 aliphatic heterocycles. The number of hydrogen-bond donors (Lipinski definition) is 2. The number of aromatic amines is 1. The Morgan fingerprint density at radius 3 is 2.61 bits per heavy atom. The molecule has 4 heterocycles. The molecule has 5 aromatic rings. The van der Waals surface area contributed by atoms with E-state index in [2.05, 4.69) is 36.3 Å². The van der Waals surface area contributed by atoms with Crippen molar-refractivity contribution in [1.29, 1.82) is 5.26 Å². The number of hydrogen-bond acceptors (Lipinski definition) is 7. The average Bonchev–Trinajstić information content (AvgIpc) is 3.40. The van der Waals surface area contributed by atoms with Gasteiger partial charge in [-0.15, -0.1) is 0 Å². The van der Waals surface area contributed by atoms with E-state index >= 15 is 0 Å². The summed E-state index contributed by atoms with van der Waals surface area (Å²) in [6.07, 6.45) is 7.80. The van der Waals surface area contributed by atoms with E-state index in [1.165, 1.54) is 37.4 Å². The van der Waals surface area contributed by atoms with Gasteiger partial charge in [-0.05, 0) is 63.0 Å². The number of fused-ring (bicyclic) bond motifs is 3. The van der Waals surface area contributed by atoms with Crippen LogP contribution < -0.4 is 10.1 Å². The highest BCUT2D eigenvalue weighted by atomic mass is 19.1. The van der Waals surface area contributed by atoms with Crippen LogP contribution in [-0.2, 0) is 0 Å². The van der Waals surface area contributed by atoms with Crippen LogP contribution in [0.25, 0.3) is 33.1 Å². The molecule has 3 aromatic heterocycles. The van der Waals surface area contributed by atoms with Gasteiger partial charge < -0.3 is 15.0 Å². The van der Waals surface area contributed by atoms with Crippen molar-refractivity contribution in [2.24, 2.45) is 5.92 Å². The Bertz CT molecular complexity index is 1620. The summed E-state index contributed by atoms with van der Waals surface area (Å²) in [5.41, 5.74) is 2.76. The zero-order chi connectivity index (χ0) is 26.5. The number of halogens is 2. The van der Waals surface area contributed by atoms with Crippen molar-refractivity contribution in [3.63, 3.8) is 0 Å². The van der Waals surface area contributed by atoms with Crippen LogP contribution in [0.3, 0.4) is 0 Å². The fraction of sp³-hybridized carbons (Fsp3) is 0.250. The average molecular weight is 514 g/mol. The summed E-state index contributed by atoms with van der Waals surface area (Å²) in [6.45, 7) is 4.00. The van der Waals surface area contributed by atoms with Crippen LogP contribution in [0.5, 0.6) is 11.8 Å². The molecule has 1 fully saturated rings. The molecule has 8 nitrogen and oxygen atoms in total. The first-order valence-corrected chi connectivity index (χ1v) is 12.3. The summed E-state index contributed by atoms with van der Waals surface area (Å²) in [7, 11) is 0. The maximum atomic E-state index is 14.8. The van der Waals surface area contributed by atoms with Gasteiger partial charge >= 0.3 is 6.01 Å². The van der Waals surface area contributed by atoms with E-state index in [1.54, 1.807) is 37.5 Å². The van der Waals surface area contributed by atoms with E-state index < -0.39 is 11.6 Å². The number of benzene rings is 2. The standard InChI is InChI=1S/C21H13F2N5O.C7H12N2/c1-11-4-5-24-21(28-11)29-12-2-3-13(16(22)6-12)14-7-15-18(8-17(14)23)25-9-19-20(15)27-10-26-19;8-4-1-7-2-5-9-6-3-7/h2-10H,1H3,(H,26,27);7,9H,1-3,5-6H2. The quantitative estimate of drug-likeness (QED) is 0.310. The van der Waals surface area contributed by atoms with Crippen LogP contribution in [0.15, 0.2) is 55.1 Å². The number of imidazole rings is 1. The van der Waals surface area contributed by atoms with Crippen LogP contribution in [0.2, 0.25) is 0 Å². The number of nitrogens with one attached hydrogen (secondary N) is 2. The van der Waals surface area contributed by atoms with Crippen LogP contribution in [0.1, 0.15) is 25.0 Å². The SMILES string of the molecule is Cc1ccnc(Oc2ccc(-c3cc4c(cc3F)ncc3[nH]cnc34)c(F)c2)n1.N#CCC1CCNCC1. The van der Waals surface area contributed by atoms with Crippen molar-refractivity contribution in [3.05, 3.63) is 72.4 Å². The molecule has 0 amide bonds. The monoisotopic (exact) mass is 513 g/mol. The Labute approximate surface area is 217 Å².